The number of hydrogen-bond acceptors (Lipinski definition) is 2. The average Bonchev–Trinajstić information content (AvgIpc) is 2.36. The van der Waals surface area contributed by atoms with Crippen LogP contribution in [0.1, 0.15) is 25.4 Å². The smallest absolute Gasteiger partial charge is 0.108 e. The second kappa shape index (κ2) is 4.08. The fourth-order valence-corrected chi connectivity index (χ4v) is 1.29. The van der Waals surface area contributed by atoms with Crippen molar-refractivity contribution in [2.45, 2.75) is 26.7 Å². The molecule has 0 bridgehead atoms. The van der Waals surface area contributed by atoms with E-state index in [0.29, 0.717) is 12.3 Å². The predicted octanol–water partition coefficient (Wildman–Crippen LogP) is 1.68. The summed E-state index contributed by atoms with van der Waals surface area (Å²) < 4.78 is 2.02. The Morgan fingerprint density at radius 1 is 1.62 bits per heavy atom. The molecule has 1 heterocycles. The van der Waals surface area contributed by atoms with Crippen LogP contribution in [-0.4, -0.2) is 9.55 Å². The van der Waals surface area contributed by atoms with Crippen molar-refractivity contribution >= 4 is 0 Å². The Balaban J connectivity index is 2.81. The van der Waals surface area contributed by atoms with E-state index < -0.39 is 0 Å². The third-order valence-corrected chi connectivity index (χ3v) is 2.03. The SMILES string of the molecule is CC(C)Cc1ncc(CC#N)n1C. The molecule has 0 fully saturated rings. The van der Waals surface area contributed by atoms with Crippen molar-refractivity contribution in [1.29, 1.82) is 5.26 Å². The van der Waals surface area contributed by atoms with Gasteiger partial charge in [0, 0.05) is 19.7 Å². The van der Waals surface area contributed by atoms with Gasteiger partial charge in [-0.05, 0) is 5.92 Å². The molecule has 0 saturated carbocycles. The maximum atomic E-state index is 8.54. The molecule has 0 aliphatic carbocycles. The lowest BCUT2D eigenvalue weighted by Gasteiger charge is -2.05. The quantitative estimate of drug-likeness (QED) is 0.705. The molecule has 0 aliphatic rings. The fraction of sp³-hybridized carbons (Fsp3) is 0.600. The summed E-state index contributed by atoms with van der Waals surface area (Å²) in [6.45, 7) is 4.33. The van der Waals surface area contributed by atoms with Gasteiger partial charge in [0.15, 0.2) is 0 Å². The lowest BCUT2D eigenvalue weighted by molar-refractivity contribution is 0.598. The highest BCUT2D eigenvalue weighted by Crippen LogP contribution is 2.08. The van der Waals surface area contributed by atoms with Gasteiger partial charge in [-0.25, -0.2) is 4.98 Å². The largest absolute Gasteiger partial charge is 0.334 e. The summed E-state index contributed by atoms with van der Waals surface area (Å²) in [5, 5.41) is 8.54. The summed E-state index contributed by atoms with van der Waals surface area (Å²) in [7, 11) is 1.97. The number of nitrogens with zero attached hydrogens (tertiary/aromatic N) is 3. The first kappa shape index (κ1) is 9.79. The van der Waals surface area contributed by atoms with E-state index in [1.165, 1.54) is 0 Å². The first-order chi connectivity index (χ1) is 6.15. The third kappa shape index (κ3) is 2.32. The van der Waals surface area contributed by atoms with E-state index in [1.54, 1.807) is 6.20 Å². The van der Waals surface area contributed by atoms with Crippen LogP contribution >= 0.6 is 0 Å². The molecule has 0 amide bonds. The van der Waals surface area contributed by atoms with Crippen LogP contribution in [0.4, 0.5) is 0 Å². The minimum atomic E-state index is 0.446. The molecule has 0 spiro atoms. The minimum absolute atomic E-state index is 0.446. The number of aromatic nitrogens is 2. The molecule has 0 radical (unpaired) electrons. The number of rotatable bonds is 3. The van der Waals surface area contributed by atoms with E-state index in [2.05, 4.69) is 24.9 Å². The maximum Gasteiger partial charge on any atom is 0.108 e. The summed E-state index contributed by atoms with van der Waals surface area (Å²) in [5.74, 6) is 1.68. The van der Waals surface area contributed by atoms with Crippen molar-refractivity contribution in [2.24, 2.45) is 13.0 Å². The van der Waals surface area contributed by atoms with Gasteiger partial charge in [-0.15, -0.1) is 0 Å². The van der Waals surface area contributed by atoms with Crippen LogP contribution in [0.25, 0.3) is 0 Å². The molecule has 1 aromatic heterocycles. The monoisotopic (exact) mass is 177 g/mol. The van der Waals surface area contributed by atoms with Gasteiger partial charge < -0.3 is 4.57 Å². The molecule has 3 nitrogen and oxygen atoms in total. The lowest BCUT2D eigenvalue weighted by Crippen LogP contribution is -2.04. The molecule has 1 rings (SSSR count). The Morgan fingerprint density at radius 2 is 2.31 bits per heavy atom. The fourth-order valence-electron chi connectivity index (χ4n) is 1.29. The van der Waals surface area contributed by atoms with Crippen molar-refractivity contribution in [3.8, 4) is 6.07 Å². The summed E-state index contributed by atoms with van der Waals surface area (Å²) in [6, 6.07) is 2.13. The van der Waals surface area contributed by atoms with Crippen LogP contribution in [0.15, 0.2) is 6.20 Å². The second-order valence-electron chi connectivity index (χ2n) is 3.66. The standard InChI is InChI=1S/C10H15N3/c1-8(2)6-10-12-7-9(4-5-11)13(10)3/h7-8H,4,6H2,1-3H3. The molecular formula is C10H15N3. The molecule has 0 N–H and O–H groups in total. The van der Waals surface area contributed by atoms with Gasteiger partial charge in [-0.3, -0.25) is 0 Å². The van der Waals surface area contributed by atoms with E-state index in [4.69, 9.17) is 5.26 Å². The molecule has 3 heteroatoms. The highest BCUT2D eigenvalue weighted by Gasteiger charge is 2.07. The Hall–Kier alpha value is -1.30. The summed E-state index contributed by atoms with van der Waals surface area (Å²) in [4.78, 5) is 4.29. The zero-order valence-corrected chi connectivity index (χ0v) is 8.41. The first-order valence-corrected chi connectivity index (χ1v) is 4.51. The maximum absolute atomic E-state index is 8.54. The first-order valence-electron chi connectivity index (χ1n) is 4.51. The van der Waals surface area contributed by atoms with Gasteiger partial charge in [0.2, 0.25) is 0 Å². The topological polar surface area (TPSA) is 41.6 Å². The molecule has 0 aromatic carbocycles. The molecule has 1 aromatic rings. The highest BCUT2D eigenvalue weighted by molar-refractivity contribution is 5.09. The molecule has 0 unspecified atom stereocenters. The van der Waals surface area contributed by atoms with Crippen LogP contribution in [0.2, 0.25) is 0 Å². The second-order valence-corrected chi connectivity index (χ2v) is 3.66. The zero-order chi connectivity index (χ0) is 9.84. The van der Waals surface area contributed by atoms with E-state index in [1.807, 2.05) is 11.6 Å². The molecule has 0 aliphatic heterocycles. The van der Waals surface area contributed by atoms with Gasteiger partial charge in [-0.1, -0.05) is 13.8 Å². The summed E-state index contributed by atoms with van der Waals surface area (Å²) in [5.41, 5.74) is 0.998. The van der Waals surface area contributed by atoms with Crippen LogP contribution in [0, 0.1) is 17.2 Å². The molecule has 70 valence electrons. The normalized spacial score (nSPS) is 10.4. The number of imidazole rings is 1. The third-order valence-electron chi connectivity index (χ3n) is 2.03. The number of nitriles is 1. The van der Waals surface area contributed by atoms with Gasteiger partial charge in [0.05, 0.1) is 18.2 Å². The highest BCUT2D eigenvalue weighted by atomic mass is 15.1. The van der Waals surface area contributed by atoms with Crippen LogP contribution in [-0.2, 0) is 19.9 Å². The van der Waals surface area contributed by atoms with E-state index >= 15 is 0 Å². The average molecular weight is 177 g/mol. The van der Waals surface area contributed by atoms with Crippen molar-refractivity contribution in [1.82, 2.24) is 9.55 Å². The van der Waals surface area contributed by atoms with Crippen molar-refractivity contribution in [2.75, 3.05) is 0 Å². The van der Waals surface area contributed by atoms with Gasteiger partial charge in [-0.2, -0.15) is 5.26 Å². The molecular weight excluding hydrogens is 162 g/mol. The Kier molecular flexibility index (Phi) is 3.07. The van der Waals surface area contributed by atoms with E-state index in [9.17, 15) is 0 Å². The Bertz CT molecular complexity index is 317. The van der Waals surface area contributed by atoms with Crippen molar-refractivity contribution < 1.29 is 0 Å². The minimum Gasteiger partial charge on any atom is -0.334 e. The van der Waals surface area contributed by atoms with E-state index in [0.717, 1.165) is 17.9 Å². The van der Waals surface area contributed by atoms with Crippen LogP contribution < -0.4 is 0 Å². The lowest BCUT2D eigenvalue weighted by atomic mass is 10.1. The molecule has 0 atom stereocenters. The van der Waals surface area contributed by atoms with E-state index in [-0.39, 0.29) is 0 Å². The van der Waals surface area contributed by atoms with Gasteiger partial charge in [0.1, 0.15) is 5.82 Å². The van der Waals surface area contributed by atoms with Crippen molar-refractivity contribution in [3.63, 3.8) is 0 Å². The van der Waals surface area contributed by atoms with Crippen LogP contribution in [0.5, 0.6) is 0 Å². The number of hydrogen-bond donors (Lipinski definition) is 0. The molecule has 13 heavy (non-hydrogen) atoms. The summed E-state index contributed by atoms with van der Waals surface area (Å²) in [6.07, 6.45) is 3.21. The Labute approximate surface area is 79.0 Å². The van der Waals surface area contributed by atoms with Crippen LogP contribution in [0.3, 0.4) is 0 Å². The van der Waals surface area contributed by atoms with Gasteiger partial charge in [0.25, 0.3) is 0 Å². The predicted molar refractivity (Wildman–Crippen MR) is 51.1 cm³/mol. The Morgan fingerprint density at radius 3 is 2.85 bits per heavy atom. The van der Waals surface area contributed by atoms with Crippen molar-refractivity contribution in [3.05, 3.63) is 17.7 Å². The zero-order valence-electron chi connectivity index (χ0n) is 8.41. The summed E-state index contributed by atoms with van der Waals surface area (Å²) >= 11 is 0. The molecule has 0 saturated heterocycles. The van der Waals surface area contributed by atoms with Gasteiger partial charge >= 0.3 is 0 Å².